The smallest absolute Gasteiger partial charge is 0.299 e. The van der Waals surface area contributed by atoms with Gasteiger partial charge in [0.1, 0.15) is 0 Å². The molecule has 1 aromatic heterocycles. The summed E-state index contributed by atoms with van der Waals surface area (Å²) in [5.74, 6) is -0.848. The highest BCUT2D eigenvalue weighted by atomic mass is 16.2. The van der Waals surface area contributed by atoms with Crippen molar-refractivity contribution in [1.29, 1.82) is 0 Å². The molecule has 2 rings (SSSR count). The molecule has 16 heavy (non-hydrogen) atoms. The van der Waals surface area contributed by atoms with Gasteiger partial charge in [-0.1, -0.05) is 19.8 Å². The van der Waals surface area contributed by atoms with Crippen LogP contribution in [0.2, 0.25) is 0 Å². The predicted octanol–water partition coefficient (Wildman–Crippen LogP) is 1.80. The van der Waals surface area contributed by atoms with E-state index >= 15 is 0 Å². The summed E-state index contributed by atoms with van der Waals surface area (Å²) in [7, 11) is 0. The number of anilines is 1. The quantitative estimate of drug-likeness (QED) is 0.572. The van der Waals surface area contributed by atoms with Crippen LogP contribution in [0.3, 0.4) is 0 Å². The third-order valence-corrected chi connectivity index (χ3v) is 2.76. The molecule has 0 aliphatic carbocycles. The normalized spacial score (nSPS) is 14.4. The number of pyridine rings is 1. The van der Waals surface area contributed by atoms with Crippen molar-refractivity contribution in [2.24, 2.45) is 0 Å². The summed E-state index contributed by atoms with van der Waals surface area (Å²) in [5.41, 5.74) is 1.14. The molecular formula is C12H14N2O2. The van der Waals surface area contributed by atoms with Crippen LogP contribution in [0, 0.1) is 0 Å². The summed E-state index contributed by atoms with van der Waals surface area (Å²) in [5, 5.41) is 0. The van der Waals surface area contributed by atoms with Gasteiger partial charge in [-0.2, -0.15) is 0 Å². The Kier molecular flexibility index (Phi) is 2.99. The van der Waals surface area contributed by atoms with Crippen molar-refractivity contribution in [1.82, 2.24) is 4.98 Å². The van der Waals surface area contributed by atoms with Gasteiger partial charge in [0.2, 0.25) is 0 Å². The predicted molar refractivity (Wildman–Crippen MR) is 60.4 cm³/mol. The Morgan fingerprint density at radius 3 is 2.88 bits per heavy atom. The van der Waals surface area contributed by atoms with Crippen LogP contribution in [0.25, 0.3) is 0 Å². The van der Waals surface area contributed by atoms with Crippen LogP contribution in [-0.2, 0) is 4.79 Å². The van der Waals surface area contributed by atoms with Crippen LogP contribution in [0.5, 0.6) is 0 Å². The number of carbonyl (C=O) groups excluding carboxylic acids is 2. The minimum absolute atomic E-state index is 0.417. The van der Waals surface area contributed by atoms with Crippen LogP contribution in [-0.4, -0.2) is 23.2 Å². The highest BCUT2D eigenvalue weighted by molar-refractivity contribution is 6.52. The van der Waals surface area contributed by atoms with Gasteiger partial charge in [0, 0.05) is 18.9 Å². The van der Waals surface area contributed by atoms with Crippen LogP contribution in [0.1, 0.15) is 36.5 Å². The topological polar surface area (TPSA) is 50.3 Å². The Balaban J connectivity index is 2.20. The van der Waals surface area contributed by atoms with Crippen molar-refractivity contribution >= 4 is 17.4 Å². The fourth-order valence-electron chi connectivity index (χ4n) is 1.89. The number of hydrogen-bond acceptors (Lipinski definition) is 3. The zero-order valence-corrected chi connectivity index (χ0v) is 9.27. The number of amides is 1. The zero-order chi connectivity index (χ0) is 11.5. The molecule has 0 spiro atoms. The van der Waals surface area contributed by atoms with E-state index in [0.717, 1.165) is 19.3 Å². The second kappa shape index (κ2) is 4.43. The third-order valence-electron chi connectivity index (χ3n) is 2.76. The lowest BCUT2D eigenvalue weighted by atomic mass is 10.2. The molecule has 0 unspecified atom stereocenters. The summed E-state index contributed by atoms with van der Waals surface area (Å²) in [6.07, 6.45) is 6.17. The lowest BCUT2D eigenvalue weighted by molar-refractivity contribution is -0.114. The molecule has 1 aliphatic rings. The molecule has 4 heteroatoms. The van der Waals surface area contributed by atoms with Gasteiger partial charge >= 0.3 is 0 Å². The Labute approximate surface area is 94.3 Å². The van der Waals surface area contributed by atoms with E-state index in [-0.39, 0.29) is 0 Å². The van der Waals surface area contributed by atoms with E-state index in [1.54, 1.807) is 17.2 Å². The second-order valence-electron chi connectivity index (χ2n) is 3.89. The lowest BCUT2D eigenvalue weighted by Crippen LogP contribution is -2.30. The highest BCUT2D eigenvalue weighted by Crippen LogP contribution is 2.27. The van der Waals surface area contributed by atoms with Crippen molar-refractivity contribution in [3.8, 4) is 0 Å². The Hall–Kier alpha value is -1.71. The van der Waals surface area contributed by atoms with Gasteiger partial charge in [-0.3, -0.25) is 14.6 Å². The maximum absolute atomic E-state index is 11.7. The Morgan fingerprint density at radius 1 is 1.31 bits per heavy atom. The van der Waals surface area contributed by atoms with E-state index in [9.17, 15) is 9.59 Å². The van der Waals surface area contributed by atoms with E-state index in [1.165, 1.54) is 6.20 Å². The van der Waals surface area contributed by atoms with Crippen LogP contribution in [0.15, 0.2) is 18.5 Å². The first kappa shape index (κ1) is 10.8. The van der Waals surface area contributed by atoms with Gasteiger partial charge in [0.25, 0.3) is 11.7 Å². The number of carbonyl (C=O) groups is 2. The minimum Gasteiger partial charge on any atom is -0.305 e. The average molecular weight is 218 g/mol. The zero-order valence-electron chi connectivity index (χ0n) is 9.27. The van der Waals surface area contributed by atoms with Gasteiger partial charge in [0.05, 0.1) is 11.3 Å². The minimum atomic E-state index is -0.431. The standard InChI is InChI=1S/C12H14N2O2/c1-2-3-4-7-14-10-5-6-13-8-9(10)11(15)12(14)16/h5-6,8H,2-4,7H2,1H3. The van der Waals surface area contributed by atoms with Crippen molar-refractivity contribution in [3.05, 3.63) is 24.0 Å². The summed E-state index contributed by atoms with van der Waals surface area (Å²) in [6.45, 7) is 2.73. The molecule has 2 heterocycles. The molecule has 0 fully saturated rings. The van der Waals surface area contributed by atoms with Crippen LogP contribution >= 0.6 is 0 Å². The molecule has 0 atom stereocenters. The number of aromatic nitrogens is 1. The highest BCUT2D eigenvalue weighted by Gasteiger charge is 2.35. The molecule has 0 saturated heterocycles. The number of hydrogen-bond donors (Lipinski definition) is 0. The number of rotatable bonds is 4. The molecule has 1 aliphatic heterocycles. The van der Waals surface area contributed by atoms with Crippen molar-refractivity contribution in [2.75, 3.05) is 11.4 Å². The summed E-state index contributed by atoms with van der Waals surface area (Å²) >= 11 is 0. The molecule has 1 amide bonds. The van der Waals surface area contributed by atoms with E-state index < -0.39 is 11.7 Å². The second-order valence-corrected chi connectivity index (χ2v) is 3.89. The molecule has 0 bridgehead atoms. The van der Waals surface area contributed by atoms with Crippen LogP contribution < -0.4 is 4.90 Å². The Morgan fingerprint density at radius 2 is 2.12 bits per heavy atom. The maximum atomic E-state index is 11.7. The molecule has 4 nitrogen and oxygen atoms in total. The summed E-state index contributed by atoms with van der Waals surface area (Å²) < 4.78 is 0. The Bertz CT molecular complexity index is 429. The van der Waals surface area contributed by atoms with Crippen molar-refractivity contribution in [3.63, 3.8) is 0 Å². The molecule has 0 saturated carbocycles. The van der Waals surface area contributed by atoms with Gasteiger partial charge in [-0.05, 0) is 12.5 Å². The molecular weight excluding hydrogens is 204 g/mol. The van der Waals surface area contributed by atoms with Crippen LogP contribution in [0.4, 0.5) is 5.69 Å². The molecule has 84 valence electrons. The average Bonchev–Trinajstić information content (AvgIpc) is 2.55. The monoisotopic (exact) mass is 218 g/mol. The SMILES string of the molecule is CCCCCN1C(=O)C(=O)c2cnccc21. The first-order valence-corrected chi connectivity index (χ1v) is 5.56. The number of fused-ring (bicyclic) bond motifs is 1. The fourth-order valence-corrected chi connectivity index (χ4v) is 1.89. The van der Waals surface area contributed by atoms with Gasteiger partial charge in [-0.15, -0.1) is 0 Å². The largest absolute Gasteiger partial charge is 0.305 e. The molecule has 0 aromatic carbocycles. The molecule has 1 aromatic rings. The van der Waals surface area contributed by atoms with E-state index in [0.29, 0.717) is 17.8 Å². The van der Waals surface area contributed by atoms with Crippen molar-refractivity contribution < 1.29 is 9.59 Å². The number of Topliss-reactive ketones (excluding diaryl/α,β-unsaturated/α-hetero) is 1. The van der Waals surface area contributed by atoms with E-state index in [2.05, 4.69) is 11.9 Å². The van der Waals surface area contributed by atoms with Gasteiger partial charge in [-0.25, -0.2) is 0 Å². The fraction of sp³-hybridized carbons (Fsp3) is 0.417. The maximum Gasteiger partial charge on any atom is 0.299 e. The van der Waals surface area contributed by atoms with Crippen molar-refractivity contribution in [2.45, 2.75) is 26.2 Å². The van der Waals surface area contributed by atoms with Gasteiger partial charge < -0.3 is 4.90 Å². The molecule has 0 radical (unpaired) electrons. The molecule has 0 N–H and O–H groups in total. The first-order valence-electron chi connectivity index (χ1n) is 5.56. The number of unbranched alkanes of at least 4 members (excludes halogenated alkanes) is 2. The van der Waals surface area contributed by atoms with E-state index in [4.69, 9.17) is 0 Å². The summed E-state index contributed by atoms with van der Waals surface area (Å²) in [6, 6.07) is 1.73. The number of nitrogens with zero attached hydrogens (tertiary/aromatic N) is 2. The lowest BCUT2D eigenvalue weighted by Gasteiger charge is -2.15. The third kappa shape index (κ3) is 1.71. The number of ketones is 1. The summed E-state index contributed by atoms with van der Waals surface area (Å²) in [4.78, 5) is 28.8. The first-order chi connectivity index (χ1) is 7.75. The van der Waals surface area contributed by atoms with Gasteiger partial charge in [0.15, 0.2) is 0 Å². The van der Waals surface area contributed by atoms with E-state index in [1.807, 2.05) is 0 Å².